The summed E-state index contributed by atoms with van der Waals surface area (Å²) in [6, 6.07) is 15.9. The zero-order chi connectivity index (χ0) is 15.1. The van der Waals surface area contributed by atoms with Crippen LogP contribution in [0.2, 0.25) is 0 Å². The van der Waals surface area contributed by atoms with E-state index in [0.29, 0.717) is 17.5 Å². The fraction of sp³-hybridized carbons (Fsp3) is 0.118. The molecule has 5 heteroatoms. The number of benzene rings is 2. The van der Waals surface area contributed by atoms with Crippen molar-refractivity contribution in [3.8, 4) is 0 Å². The Bertz CT molecular complexity index is 852. The molecule has 108 valence electrons. The molecule has 2 aromatic carbocycles. The molecule has 1 aliphatic heterocycles. The van der Waals surface area contributed by atoms with Gasteiger partial charge < -0.3 is 0 Å². The van der Waals surface area contributed by atoms with Gasteiger partial charge >= 0.3 is 0 Å². The molecule has 2 heterocycles. The van der Waals surface area contributed by atoms with Gasteiger partial charge in [0.15, 0.2) is 5.17 Å². The van der Waals surface area contributed by atoms with Crippen molar-refractivity contribution in [3.63, 3.8) is 0 Å². The summed E-state index contributed by atoms with van der Waals surface area (Å²) in [4.78, 5) is 18.3. The summed E-state index contributed by atoms with van der Waals surface area (Å²) >= 11 is 1.29. The SMILES string of the molecule is N=C1SCC(=O)N1Cc1c2ccccc2nc2ccccc12. The fourth-order valence-corrected chi connectivity index (χ4v) is 3.55. The van der Waals surface area contributed by atoms with Gasteiger partial charge in [0.25, 0.3) is 0 Å². The zero-order valence-corrected chi connectivity index (χ0v) is 12.6. The summed E-state index contributed by atoms with van der Waals surface area (Å²) in [7, 11) is 0. The molecule has 0 unspecified atom stereocenters. The summed E-state index contributed by atoms with van der Waals surface area (Å²) in [5.74, 6) is 0.361. The number of para-hydroxylation sites is 2. The molecule has 1 N–H and O–H groups in total. The van der Waals surface area contributed by atoms with Crippen LogP contribution in [0.3, 0.4) is 0 Å². The minimum atomic E-state index is -0.0000236. The predicted molar refractivity (Wildman–Crippen MR) is 90.0 cm³/mol. The smallest absolute Gasteiger partial charge is 0.239 e. The van der Waals surface area contributed by atoms with Crippen molar-refractivity contribution in [1.29, 1.82) is 5.41 Å². The number of nitrogens with zero attached hydrogens (tertiary/aromatic N) is 2. The van der Waals surface area contributed by atoms with E-state index in [1.54, 1.807) is 4.90 Å². The number of thioether (sulfide) groups is 1. The maximum Gasteiger partial charge on any atom is 0.239 e. The van der Waals surface area contributed by atoms with Crippen LogP contribution in [-0.4, -0.2) is 26.7 Å². The molecule has 0 saturated carbocycles. The average Bonchev–Trinajstić information content (AvgIpc) is 2.86. The van der Waals surface area contributed by atoms with E-state index in [2.05, 4.69) is 4.98 Å². The highest BCUT2D eigenvalue weighted by atomic mass is 32.2. The lowest BCUT2D eigenvalue weighted by Crippen LogP contribution is -2.28. The molecule has 1 aromatic heterocycles. The minimum Gasteiger partial charge on any atom is -0.286 e. The standard InChI is InChI=1S/C17H13N3OS/c18-17-20(16(21)10-22-17)9-13-11-5-1-3-7-14(11)19-15-8-4-2-6-12(13)15/h1-8,18H,9-10H2. The summed E-state index contributed by atoms with van der Waals surface area (Å²) in [6.07, 6.45) is 0. The average molecular weight is 307 g/mol. The van der Waals surface area contributed by atoms with Crippen molar-refractivity contribution in [1.82, 2.24) is 9.88 Å². The van der Waals surface area contributed by atoms with Gasteiger partial charge in [-0.25, -0.2) is 4.98 Å². The van der Waals surface area contributed by atoms with Crippen molar-refractivity contribution in [2.24, 2.45) is 0 Å². The summed E-state index contributed by atoms with van der Waals surface area (Å²) in [5, 5.41) is 10.4. The number of amidine groups is 1. The maximum absolute atomic E-state index is 12.0. The van der Waals surface area contributed by atoms with Gasteiger partial charge in [-0.15, -0.1) is 0 Å². The highest BCUT2D eigenvalue weighted by Gasteiger charge is 2.27. The largest absolute Gasteiger partial charge is 0.286 e. The molecule has 0 radical (unpaired) electrons. The molecule has 4 rings (SSSR count). The lowest BCUT2D eigenvalue weighted by molar-refractivity contribution is -0.124. The summed E-state index contributed by atoms with van der Waals surface area (Å²) in [6.45, 7) is 0.425. The Kier molecular flexibility index (Phi) is 3.08. The Hall–Kier alpha value is -2.40. The number of carbonyl (C=O) groups excluding carboxylic acids is 1. The van der Waals surface area contributed by atoms with E-state index in [1.165, 1.54) is 11.8 Å². The van der Waals surface area contributed by atoms with Crippen molar-refractivity contribution in [2.75, 3.05) is 5.75 Å². The van der Waals surface area contributed by atoms with E-state index in [1.807, 2.05) is 48.5 Å². The number of rotatable bonds is 2. The lowest BCUT2D eigenvalue weighted by Gasteiger charge is -2.18. The number of hydrogen-bond acceptors (Lipinski definition) is 4. The second kappa shape index (κ2) is 5.10. The lowest BCUT2D eigenvalue weighted by atomic mass is 10.0. The van der Waals surface area contributed by atoms with Gasteiger partial charge in [-0.1, -0.05) is 48.2 Å². The summed E-state index contributed by atoms with van der Waals surface area (Å²) in [5.41, 5.74) is 2.89. The molecule has 0 aliphatic carbocycles. The molecule has 4 nitrogen and oxygen atoms in total. The topological polar surface area (TPSA) is 57.1 Å². The van der Waals surface area contributed by atoms with E-state index in [-0.39, 0.29) is 5.91 Å². The number of fused-ring (bicyclic) bond motifs is 2. The van der Waals surface area contributed by atoms with Gasteiger partial charge in [0.1, 0.15) is 0 Å². The molecule has 0 bridgehead atoms. The highest BCUT2D eigenvalue weighted by Crippen LogP contribution is 2.29. The van der Waals surface area contributed by atoms with Gasteiger partial charge in [0.05, 0.1) is 23.3 Å². The van der Waals surface area contributed by atoms with Gasteiger partial charge in [0.2, 0.25) is 5.91 Å². The van der Waals surface area contributed by atoms with Crippen LogP contribution in [0.1, 0.15) is 5.56 Å². The molecule has 22 heavy (non-hydrogen) atoms. The Labute approximate surface area is 131 Å². The Morgan fingerprint density at radius 2 is 1.64 bits per heavy atom. The van der Waals surface area contributed by atoms with Crippen LogP contribution < -0.4 is 0 Å². The normalized spacial score (nSPS) is 15.2. The first-order valence-electron chi connectivity index (χ1n) is 7.02. The Morgan fingerprint density at radius 3 is 2.18 bits per heavy atom. The van der Waals surface area contributed by atoms with E-state index in [9.17, 15) is 4.79 Å². The maximum atomic E-state index is 12.0. The van der Waals surface area contributed by atoms with Crippen LogP contribution in [0.25, 0.3) is 21.8 Å². The van der Waals surface area contributed by atoms with Gasteiger partial charge in [0, 0.05) is 10.8 Å². The first-order chi connectivity index (χ1) is 10.7. The number of hydrogen-bond donors (Lipinski definition) is 1. The van der Waals surface area contributed by atoms with E-state index >= 15 is 0 Å². The second-order valence-corrected chi connectivity index (χ2v) is 6.16. The van der Waals surface area contributed by atoms with Crippen LogP contribution in [0.15, 0.2) is 48.5 Å². The first-order valence-corrected chi connectivity index (χ1v) is 8.00. The fourth-order valence-electron chi connectivity index (χ4n) is 2.82. The molecule has 1 amide bonds. The number of aromatic nitrogens is 1. The Morgan fingerprint density at radius 1 is 1.05 bits per heavy atom. The number of pyridine rings is 1. The third-order valence-corrected chi connectivity index (χ3v) is 4.78. The number of carbonyl (C=O) groups is 1. The quantitative estimate of drug-likeness (QED) is 0.738. The van der Waals surface area contributed by atoms with Crippen LogP contribution in [0.4, 0.5) is 0 Å². The van der Waals surface area contributed by atoms with Crippen LogP contribution >= 0.6 is 11.8 Å². The molecule has 3 aromatic rings. The molecule has 1 aliphatic rings. The molecular formula is C17H13N3OS. The van der Waals surface area contributed by atoms with Crippen molar-refractivity contribution >= 4 is 44.6 Å². The highest BCUT2D eigenvalue weighted by molar-refractivity contribution is 8.14. The molecular weight excluding hydrogens is 294 g/mol. The number of nitrogens with one attached hydrogen (secondary N) is 1. The zero-order valence-electron chi connectivity index (χ0n) is 11.7. The minimum absolute atomic E-state index is 0.0000236. The summed E-state index contributed by atoms with van der Waals surface area (Å²) < 4.78 is 0. The van der Waals surface area contributed by atoms with Crippen molar-refractivity contribution in [3.05, 3.63) is 54.1 Å². The second-order valence-electron chi connectivity index (χ2n) is 5.20. The number of amides is 1. The predicted octanol–water partition coefficient (Wildman–Crippen LogP) is 3.40. The van der Waals surface area contributed by atoms with Gasteiger partial charge in [-0.05, 0) is 17.7 Å². The Balaban J connectivity index is 1.96. The van der Waals surface area contributed by atoms with Crippen LogP contribution in [0, 0.1) is 5.41 Å². The van der Waals surface area contributed by atoms with E-state index in [4.69, 9.17) is 5.41 Å². The first kappa shape index (κ1) is 13.3. The third-order valence-electron chi connectivity index (χ3n) is 3.89. The van der Waals surface area contributed by atoms with Crippen LogP contribution in [-0.2, 0) is 11.3 Å². The van der Waals surface area contributed by atoms with Gasteiger partial charge in [-0.2, -0.15) is 0 Å². The van der Waals surface area contributed by atoms with E-state index < -0.39 is 0 Å². The monoisotopic (exact) mass is 307 g/mol. The van der Waals surface area contributed by atoms with Crippen LogP contribution in [0.5, 0.6) is 0 Å². The molecule has 0 atom stereocenters. The molecule has 0 spiro atoms. The van der Waals surface area contributed by atoms with Crippen molar-refractivity contribution < 1.29 is 4.79 Å². The third kappa shape index (κ3) is 2.05. The molecule has 1 saturated heterocycles. The molecule has 1 fully saturated rings. The van der Waals surface area contributed by atoms with E-state index in [0.717, 1.165) is 27.4 Å². The van der Waals surface area contributed by atoms with Gasteiger partial charge in [-0.3, -0.25) is 15.1 Å². The van der Waals surface area contributed by atoms with Crippen molar-refractivity contribution in [2.45, 2.75) is 6.54 Å².